The Morgan fingerprint density at radius 1 is 1.00 bits per heavy atom. The van der Waals surface area contributed by atoms with Gasteiger partial charge in [-0.05, 0) is 49.7 Å². The monoisotopic (exact) mass is 496 g/mol. The van der Waals surface area contributed by atoms with Crippen LogP contribution in [-0.2, 0) is 4.79 Å². The van der Waals surface area contributed by atoms with Gasteiger partial charge in [-0.2, -0.15) is 0 Å². The fourth-order valence-electron chi connectivity index (χ4n) is 4.91. The van der Waals surface area contributed by atoms with E-state index >= 15 is 0 Å². The van der Waals surface area contributed by atoms with E-state index in [0.717, 1.165) is 59.0 Å². The number of hydrogen-bond acceptors (Lipinski definition) is 6. The minimum Gasteiger partial charge on any atom is -0.492 e. The molecule has 0 saturated carbocycles. The summed E-state index contributed by atoms with van der Waals surface area (Å²) in [5.41, 5.74) is 4.84. The molecule has 4 aromatic rings. The lowest BCUT2D eigenvalue weighted by Gasteiger charge is -2.28. The van der Waals surface area contributed by atoms with E-state index in [2.05, 4.69) is 27.3 Å². The van der Waals surface area contributed by atoms with Crippen LogP contribution in [0.15, 0.2) is 84.9 Å². The zero-order chi connectivity index (χ0) is 25.6. The van der Waals surface area contributed by atoms with E-state index in [1.165, 1.54) is 0 Å². The fraction of sp³-hybridized carbons (Fsp3) is 0.267. The van der Waals surface area contributed by atoms with Crippen molar-refractivity contribution >= 4 is 33.9 Å². The van der Waals surface area contributed by atoms with Crippen molar-refractivity contribution in [3.05, 3.63) is 90.6 Å². The number of hydrogen-bond donors (Lipinski definition) is 2. The Labute approximate surface area is 217 Å². The van der Waals surface area contributed by atoms with Gasteiger partial charge >= 0.3 is 5.97 Å². The van der Waals surface area contributed by atoms with Gasteiger partial charge in [-0.15, -0.1) is 0 Å². The zero-order valence-electron chi connectivity index (χ0n) is 21.0. The average Bonchev–Trinajstić information content (AvgIpc) is 3.12. The number of fused-ring (bicyclic) bond motifs is 1. The summed E-state index contributed by atoms with van der Waals surface area (Å²) in [5.74, 6) is 0.0210. The van der Waals surface area contributed by atoms with Crippen LogP contribution in [0.4, 0.5) is 17.1 Å². The van der Waals surface area contributed by atoms with E-state index in [9.17, 15) is 9.90 Å². The standard InChI is InChI=1S/C30H32N4O3/c1-22-20-28(26-12-5-6-13-27(26)31-22)32-23-8-7-11-25(21-23)37-19-18-33-15-14-29(30(35)36)34(17-16-33)24-9-3-2-4-10-24/h2-13,20-21,29H,14-19H2,1H3,(H,31,32)(H,35,36). The summed E-state index contributed by atoms with van der Waals surface area (Å²) >= 11 is 0. The molecule has 0 radical (unpaired) electrons. The van der Waals surface area contributed by atoms with Crippen LogP contribution in [0.2, 0.25) is 0 Å². The van der Waals surface area contributed by atoms with Crippen LogP contribution < -0.4 is 15.0 Å². The van der Waals surface area contributed by atoms with Gasteiger partial charge < -0.3 is 20.1 Å². The summed E-state index contributed by atoms with van der Waals surface area (Å²) in [6.45, 7) is 5.44. The maximum absolute atomic E-state index is 12.0. The highest BCUT2D eigenvalue weighted by Gasteiger charge is 2.29. The summed E-state index contributed by atoms with van der Waals surface area (Å²) in [5, 5.41) is 14.4. The number of ether oxygens (including phenoxy) is 1. The van der Waals surface area contributed by atoms with Crippen LogP contribution in [0, 0.1) is 6.92 Å². The van der Waals surface area contributed by atoms with Gasteiger partial charge in [0.25, 0.3) is 0 Å². The van der Waals surface area contributed by atoms with E-state index in [0.29, 0.717) is 19.6 Å². The number of carboxylic acid groups (broad SMARTS) is 1. The lowest BCUT2D eigenvalue weighted by Crippen LogP contribution is -2.42. The molecule has 7 heteroatoms. The number of para-hydroxylation sites is 2. The Morgan fingerprint density at radius 2 is 1.81 bits per heavy atom. The van der Waals surface area contributed by atoms with Crippen molar-refractivity contribution in [2.24, 2.45) is 0 Å². The third-order valence-corrected chi connectivity index (χ3v) is 6.76. The van der Waals surface area contributed by atoms with Crippen molar-refractivity contribution in [3.63, 3.8) is 0 Å². The lowest BCUT2D eigenvalue weighted by atomic mass is 10.1. The van der Waals surface area contributed by atoms with Crippen molar-refractivity contribution in [2.75, 3.05) is 43.0 Å². The number of carboxylic acids is 1. The number of benzene rings is 3. The minimum atomic E-state index is -0.775. The second-order valence-corrected chi connectivity index (χ2v) is 9.34. The molecule has 0 bridgehead atoms. The Bertz CT molecular complexity index is 1360. The summed E-state index contributed by atoms with van der Waals surface area (Å²) in [6, 6.07) is 27.4. The molecule has 1 atom stereocenters. The highest BCUT2D eigenvalue weighted by atomic mass is 16.5. The fourth-order valence-corrected chi connectivity index (χ4v) is 4.91. The van der Waals surface area contributed by atoms with Crippen LogP contribution in [0.1, 0.15) is 12.1 Å². The van der Waals surface area contributed by atoms with Crippen molar-refractivity contribution < 1.29 is 14.6 Å². The van der Waals surface area contributed by atoms with Crippen LogP contribution in [0.25, 0.3) is 10.9 Å². The first kappa shape index (κ1) is 24.6. The van der Waals surface area contributed by atoms with E-state index in [1.807, 2.05) is 84.6 Å². The summed E-state index contributed by atoms with van der Waals surface area (Å²) < 4.78 is 6.10. The number of nitrogens with zero attached hydrogens (tertiary/aromatic N) is 3. The predicted molar refractivity (Wildman–Crippen MR) is 148 cm³/mol. The molecular weight excluding hydrogens is 464 g/mol. The molecule has 0 spiro atoms. The Balaban J connectivity index is 1.19. The van der Waals surface area contributed by atoms with Crippen molar-refractivity contribution in [1.82, 2.24) is 9.88 Å². The average molecular weight is 497 g/mol. The molecule has 3 aromatic carbocycles. The molecule has 190 valence electrons. The summed E-state index contributed by atoms with van der Waals surface area (Å²) in [4.78, 5) is 20.9. The van der Waals surface area contributed by atoms with Gasteiger partial charge in [0.05, 0.1) is 5.52 Å². The number of anilines is 3. The third kappa shape index (κ3) is 6.01. The Kier molecular flexibility index (Phi) is 7.51. The van der Waals surface area contributed by atoms with E-state index in [1.54, 1.807) is 0 Å². The van der Waals surface area contributed by atoms with Gasteiger partial charge in [-0.1, -0.05) is 42.5 Å². The number of aliphatic carboxylic acids is 1. The zero-order valence-corrected chi connectivity index (χ0v) is 21.0. The number of carbonyl (C=O) groups is 1. The van der Waals surface area contributed by atoms with Crippen LogP contribution in [0.3, 0.4) is 0 Å². The first-order chi connectivity index (χ1) is 18.1. The Hall–Kier alpha value is -4.10. The maximum atomic E-state index is 12.0. The molecule has 0 aliphatic carbocycles. The minimum absolute atomic E-state index is 0.524. The van der Waals surface area contributed by atoms with Crippen molar-refractivity contribution in [2.45, 2.75) is 19.4 Å². The topological polar surface area (TPSA) is 77.9 Å². The molecule has 5 rings (SSSR count). The molecule has 0 amide bonds. The normalized spacial score (nSPS) is 16.4. The molecule has 1 aliphatic heterocycles. The molecule has 1 saturated heterocycles. The molecule has 2 heterocycles. The number of aromatic nitrogens is 1. The molecule has 7 nitrogen and oxygen atoms in total. The van der Waals surface area contributed by atoms with Gasteiger partial charge in [0.2, 0.25) is 0 Å². The largest absolute Gasteiger partial charge is 0.492 e. The molecule has 1 aromatic heterocycles. The first-order valence-electron chi connectivity index (χ1n) is 12.7. The second-order valence-electron chi connectivity index (χ2n) is 9.34. The van der Waals surface area contributed by atoms with Crippen LogP contribution >= 0.6 is 0 Å². The van der Waals surface area contributed by atoms with Crippen LogP contribution in [0.5, 0.6) is 5.75 Å². The number of nitrogens with one attached hydrogen (secondary N) is 1. The maximum Gasteiger partial charge on any atom is 0.326 e. The smallest absolute Gasteiger partial charge is 0.326 e. The SMILES string of the molecule is Cc1cc(Nc2cccc(OCCN3CCC(C(=O)O)N(c4ccccc4)CC3)c2)c2ccccc2n1. The highest BCUT2D eigenvalue weighted by Crippen LogP contribution is 2.28. The number of pyridine rings is 1. The van der Waals surface area contributed by atoms with Gasteiger partial charge in [-0.3, -0.25) is 9.88 Å². The van der Waals surface area contributed by atoms with E-state index in [4.69, 9.17) is 4.74 Å². The van der Waals surface area contributed by atoms with Gasteiger partial charge in [0, 0.05) is 60.4 Å². The van der Waals surface area contributed by atoms with Gasteiger partial charge in [0.1, 0.15) is 18.4 Å². The molecule has 1 aliphatic rings. The van der Waals surface area contributed by atoms with Crippen LogP contribution in [-0.4, -0.2) is 59.8 Å². The summed E-state index contributed by atoms with van der Waals surface area (Å²) in [6.07, 6.45) is 0.572. The van der Waals surface area contributed by atoms with Crippen molar-refractivity contribution in [1.29, 1.82) is 0 Å². The highest BCUT2D eigenvalue weighted by molar-refractivity contribution is 5.93. The lowest BCUT2D eigenvalue weighted by molar-refractivity contribution is -0.138. The van der Waals surface area contributed by atoms with Gasteiger partial charge in [-0.25, -0.2) is 4.79 Å². The molecule has 1 unspecified atom stereocenters. The number of aryl methyl sites for hydroxylation is 1. The predicted octanol–water partition coefficient (Wildman–Crippen LogP) is 5.33. The first-order valence-corrected chi connectivity index (χ1v) is 12.7. The van der Waals surface area contributed by atoms with E-state index < -0.39 is 12.0 Å². The molecule has 2 N–H and O–H groups in total. The Morgan fingerprint density at radius 3 is 2.65 bits per heavy atom. The number of rotatable bonds is 8. The third-order valence-electron chi connectivity index (χ3n) is 6.76. The molecule has 1 fully saturated rings. The second kappa shape index (κ2) is 11.3. The molecule has 37 heavy (non-hydrogen) atoms. The van der Waals surface area contributed by atoms with Gasteiger partial charge in [0.15, 0.2) is 0 Å². The van der Waals surface area contributed by atoms with Crippen molar-refractivity contribution in [3.8, 4) is 5.75 Å². The molecular formula is C30H32N4O3. The summed E-state index contributed by atoms with van der Waals surface area (Å²) in [7, 11) is 0. The van der Waals surface area contributed by atoms with E-state index in [-0.39, 0.29) is 0 Å². The quantitative estimate of drug-likeness (QED) is 0.341.